The van der Waals surface area contributed by atoms with Gasteiger partial charge >= 0.3 is 0 Å². The Bertz CT molecular complexity index is 492. The van der Waals surface area contributed by atoms with Gasteiger partial charge in [-0.3, -0.25) is 9.13 Å². The van der Waals surface area contributed by atoms with E-state index in [1.165, 1.54) is 0 Å². The second kappa shape index (κ2) is 6.43. The minimum absolute atomic E-state index is 0.843. The molecule has 8 nitrogen and oxygen atoms in total. The zero-order valence-corrected chi connectivity index (χ0v) is 16.7. The Morgan fingerprint density at radius 3 is 1.08 bits per heavy atom. The fraction of sp³-hybridized carbons (Fsp3) is 1.00. The van der Waals surface area contributed by atoms with Crippen molar-refractivity contribution < 1.29 is 9.13 Å². The molecular formula is C14H30N6O2P2. The van der Waals surface area contributed by atoms with E-state index in [2.05, 4.69) is 28.0 Å². The summed E-state index contributed by atoms with van der Waals surface area (Å²) in [4.78, 5) is 0. The molecule has 0 aromatic heterocycles. The summed E-state index contributed by atoms with van der Waals surface area (Å²) in [5, 5.41) is 0. The first-order chi connectivity index (χ1) is 11.5. The summed E-state index contributed by atoms with van der Waals surface area (Å²) in [5.41, 5.74) is 0. The van der Waals surface area contributed by atoms with Crippen LogP contribution in [0.4, 0.5) is 0 Å². The molecule has 10 heteroatoms. The van der Waals surface area contributed by atoms with Gasteiger partial charge in [0.05, 0.1) is 0 Å². The van der Waals surface area contributed by atoms with Gasteiger partial charge in [0.25, 0.3) is 15.2 Å². The van der Waals surface area contributed by atoms with E-state index < -0.39 is 15.2 Å². The standard InChI is InChI=1S/C14H30N6O2P2/c1-15(23(21,17-7-8-17)18-9-10-18)5-3-4-6-16(2)24(22,19-11-12-19)20-13-14-20/h3-14H2,1-2H3. The minimum Gasteiger partial charge on any atom is -0.270 e. The quantitative estimate of drug-likeness (QED) is 0.302. The summed E-state index contributed by atoms with van der Waals surface area (Å²) in [5.74, 6) is 0. The molecular weight excluding hydrogens is 346 g/mol. The maximum Gasteiger partial charge on any atom is 0.286 e. The first-order valence-corrected chi connectivity index (χ1v) is 12.3. The molecule has 0 unspecified atom stereocenters. The van der Waals surface area contributed by atoms with E-state index in [0.717, 1.165) is 78.3 Å². The van der Waals surface area contributed by atoms with Crippen molar-refractivity contribution in [3.05, 3.63) is 0 Å². The third kappa shape index (κ3) is 3.28. The van der Waals surface area contributed by atoms with Crippen LogP contribution in [0.1, 0.15) is 12.8 Å². The highest BCUT2D eigenvalue weighted by molar-refractivity contribution is 7.57. The van der Waals surface area contributed by atoms with Gasteiger partial charge in [0.1, 0.15) is 0 Å². The third-order valence-corrected chi connectivity index (χ3v) is 12.0. The van der Waals surface area contributed by atoms with Crippen LogP contribution in [-0.4, -0.2) is 108 Å². The van der Waals surface area contributed by atoms with Crippen molar-refractivity contribution in [3.8, 4) is 0 Å². The summed E-state index contributed by atoms with van der Waals surface area (Å²) < 4.78 is 39.0. The monoisotopic (exact) mass is 376 g/mol. The van der Waals surface area contributed by atoms with Crippen LogP contribution < -0.4 is 0 Å². The van der Waals surface area contributed by atoms with Gasteiger partial charge in [-0.2, -0.15) is 0 Å². The fourth-order valence-electron chi connectivity index (χ4n) is 3.38. The molecule has 138 valence electrons. The van der Waals surface area contributed by atoms with E-state index in [0.29, 0.717) is 0 Å². The number of unbranched alkanes of at least 4 members (excludes halogenated alkanes) is 1. The lowest BCUT2D eigenvalue weighted by molar-refractivity contribution is 0.374. The Labute approximate surface area is 145 Å². The smallest absolute Gasteiger partial charge is 0.270 e. The van der Waals surface area contributed by atoms with Crippen molar-refractivity contribution in [2.45, 2.75) is 12.8 Å². The van der Waals surface area contributed by atoms with Crippen LogP contribution in [0.3, 0.4) is 0 Å². The van der Waals surface area contributed by atoms with E-state index in [1.54, 1.807) is 0 Å². The zero-order chi connectivity index (χ0) is 16.9. The lowest BCUT2D eigenvalue weighted by Crippen LogP contribution is -2.27. The maximum absolute atomic E-state index is 13.2. The van der Waals surface area contributed by atoms with Crippen molar-refractivity contribution in [2.75, 3.05) is 79.5 Å². The number of nitrogens with zero attached hydrogens (tertiary/aromatic N) is 6. The van der Waals surface area contributed by atoms with Crippen LogP contribution in [0.5, 0.6) is 0 Å². The molecule has 0 aromatic rings. The maximum atomic E-state index is 13.2. The van der Waals surface area contributed by atoms with Crippen LogP contribution >= 0.6 is 15.2 Å². The van der Waals surface area contributed by atoms with Gasteiger partial charge in [-0.25, -0.2) is 28.0 Å². The molecule has 4 fully saturated rings. The van der Waals surface area contributed by atoms with Gasteiger partial charge < -0.3 is 0 Å². The van der Waals surface area contributed by atoms with Crippen molar-refractivity contribution >= 4 is 15.2 Å². The van der Waals surface area contributed by atoms with Gasteiger partial charge in [0.2, 0.25) is 0 Å². The Hall–Kier alpha value is 0.220. The molecule has 0 N–H and O–H groups in total. The molecule has 0 spiro atoms. The summed E-state index contributed by atoms with van der Waals surface area (Å²) in [6.07, 6.45) is 1.99. The predicted molar refractivity (Wildman–Crippen MR) is 96.0 cm³/mol. The molecule has 0 atom stereocenters. The second-order valence-corrected chi connectivity index (χ2v) is 13.0. The van der Waals surface area contributed by atoms with E-state index in [1.807, 2.05) is 14.1 Å². The average Bonchev–Trinajstić information content (AvgIpc) is 3.39. The Morgan fingerprint density at radius 2 is 0.875 bits per heavy atom. The van der Waals surface area contributed by atoms with Gasteiger partial charge in [-0.15, -0.1) is 0 Å². The normalized spacial score (nSPS) is 25.7. The van der Waals surface area contributed by atoms with Crippen LogP contribution in [-0.2, 0) is 9.13 Å². The largest absolute Gasteiger partial charge is 0.286 e. The molecule has 0 amide bonds. The van der Waals surface area contributed by atoms with Crippen LogP contribution in [0.2, 0.25) is 0 Å². The molecule has 0 aliphatic carbocycles. The molecule has 4 saturated heterocycles. The Morgan fingerprint density at radius 1 is 0.625 bits per heavy atom. The van der Waals surface area contributed by atoms with Crippen molar-refractivity contribution in [1.82, 2.24) is 28.0 Å². The first-order valence-electron chi connectivity index (χ1n) is 9.12. The molecule has 0 aromatic carbocycles. The average molecular weight is 376 g/mol. The van der Waals surface area contributed by atoms with Crippen LogP contribution in [0.15, 0.2) is 0 Å². The fourth-order valence-corrected chi connectivity index (χ4v) is 9.07. The first kappa shape index (κ1) is 17.6. The van der Waals surface area contributed by atoms with Gasteiger partial charge in [0.15, 0.2) is 0 Å². The lowest BCUT2D eigenvalue weighted by Gasteiger charge is -2.31. The SMILES string of the molecule is CN(CCCCN(C)P(=O)(N1CC1)N1CC1)P(=O)(N1CC1)N1CC1. The van der Waals surface area contributed by atoms with E-state index >= 15 is 0 Å². The van der Waals surface area contributed by atoms with Crippen molar-refractivity contribution in [2.24, 2.45) is 0 Å². The minimum atomic E-state index is -2.42. The zero-order valence-electron chi connectivity index (χ0n) is 14.9. The van der Waals surface area contributed by atoms with Crippen molar-refractivity contribution in [3.63, 3.8) is 0 Å². The molecule has 0 radical (unpaired) electrons. The number of rotatable bonds is 11. The predicted octanol–water partition coefficient (Wildman–Crippen LogP) is 1.11. The molecule has 4 rings (SSSR count). The van der Waals surface area contributed by atoms with E-state index in [4.69, 9.17) is 0 Å². The molecule has 4 aliphatic heterocycles. The highest BCUT2D eigenvalue weighted by Gasteiger charge is 2.51. The van der Waals surface area contributed by atoms with Gasteiger partial charge in [0, 0.05) is 65.4 Å². The summed E-state index contributed by atoms with van der Waals surface area (Å²) in [7, 11) is -0.854. The number of hydrogen-bond acceptors (Lipinski definition) is 2. The molecule has 24 heavy (non-hydrogen) atoms. The lowest BCUT2D eigenvalue weighted by atomic mass is 10.3. The van der Waals surface area contributed by atoms with Gasteiger partial charge in [-0.1, -0.05) is 0 Å². The topological polar surface area (TPSA) is 52.7 Å². The highest BCUT2D eigenvalue weighted by atomic mass is 31.2. The van der Waals surface area contributed by atoms with Crippen molar-refractivity contribution in [1.29, 1.82) is 0 Å². The highest BCUT2D eigenvalue weighted by Crippen LogP contribution is 2.63. The van der Waals surface area contributed by atoms with E-state index in [-0.39, 0.29) is 0 Å². The van der Waals surface area contributed by atoms with E-state index in [9.17, 15) is 9.13 Å². The Kier molecular flexibility index (Phi) is 4.72. The Balaban J connectivity index is 1.24. The van der Waals surface area contributed by atoms with Crippen LogP contribution in [0, 0.1) is 0 Å². The summed E-state index contributed by atoms with van der Waals surface area (Å²) >= 11 is 0. The molecule has 4 heterocycles. The molecule has 4 aliphatic rings. The third-order valence-electron chi connectivity index (χ3n) is 5.27. The molecule has 0 saturated carbocycles. The second-order valence-electron chi connectivity index (χ2n) is 7.31. The van der Waals surface area contributed by atoms with Gasteiger partial charge in [-0.05, 0) is 26.9 Å². The summed E-state index contributed by atoms with van der Waals surface area (Å²) in [6, 6.07) is 0. The number of hydrogen-bond donors (Lipinski definition) is 0. The van der Waals surface area contributed by atoms with Crippen LogP contribution in [0.25, 0.3) is 0 Å². The summed E-state index contributed by atoms with van der Waals surface area (Å²) in [6.45, 7) is 9.43. The molecule has 0 bridgehead atoms.